The first-order valence-corrected chi connectivity index (χ1v) is 6.84. The molecule has 0 bridgehead atoms. The molecule has 0 atom stereocenters. The van der Waals surface area contributed by atoms with Crippen LogP contribution in [0.4, 0.5) is 8.78 Å². The highest BCUT2D eigenvalue weighted by molar-refractivity contribution is 7.99. The summed E-state index contributed by atoms with van der Waals surface area (Å²) >= 11 is 1.11. The highest BCUT2D eigenvalue weighted by Crippen LogP contribution is 2.16. The number of thioether (sulfide) groups is 1. The molecule has 2 aromatic rings. The Morgan fingerprint density at radius 2 is 2.00 bits per heavy atom. The van der Waals surface area contributed by atoms with Crippen molar-refractivity contribution in [2.75, 3.05) is 5.75 Å². The van der Waals surface area contributed by atoms with Crippen molar-refractivity contribution in [1.29, 1.82) is 0 Å². The number of hydrogen-bond donors (Lipinski definition) is 1. The molecular weight excluding hydrogens is 286 g/mol. The average Bonchev–Trinajstić information content (AvgIpc) is 2.80. The number of aromatic nitrogens is 2. The minimum Gasteiger partial charge on any atom is -0.481 e. The maximum absolute atomic E-state index is 13.1. The number of carboxylic acids is 1. The summed E-state index contributed by atoms with van der Waals surface area (Å²) in [5.74, 6) is -2.21. The molecule has 0 spiro atoms. The minimum atomic E-state index is -0.920. The monoisotopic (exact) mass is 298 g/mol. The summed E-state index contributed by atoms with van der Waals surface area (Å²) in [4.78, 5) is 14.6. The van der Waals surface area contributed by atoms with Crippen LogP contribution in [0.3, 0.4) is 0 Å². The van der Waals surface area contributed by atoms with Gasteiger partial charge in [0.15, 0.2) is 5.16 Å². The Hall–Kier alpha value is -1.89. The lowest BCUT2D eigenvalue weighted by atomic mass is 10.1. The van der Waals surface area contributed by atoms with Gasteiger partial charge < -0.3 is 9.67 Å². The van der Waals surface area contributed by atoms with Crippen molar-refractivity contribution in [3.05, 3.63) is 47.8 Å². The van der Waals surface area contributed by atoms with Crippen molar-refractivity contribution in [3.63, 3.8) is 0 Å². The average molecular weight is 298 g/mol. The summed E-state index contributed by atoms with van der Waals surface area (Å²) in [6.07, 6.45) is 3.71. The number of benzene rings is 1. The molecule has 0 radical (unpaired) electrons. The van der Waals surface area contributed by atoms with E-state index in [9.17, 15) is 13.6 Å². The molecule has 0 amide bonds. The van der Waals surface area contributed by atoms with Crippen LogP contribution >= 0.6 is 11.8 Å². The number of aliphatic carboxylic acids is 1. The third kappa shape index (κ3) is 4.06. The molecule has 0 aliphatic carbocycles. The van der Waals surface area contributed by atoms with Gasteiger partial charge in [-0.05, 0) is 24.1 Å². The first kappa shape index (κ1) is 14.5. The van der Waals surface area contributed by atoms with Gasteiger partial charge in [0.25, 0.3) is 0 Å². The van der Waals surface area contributed by atoms with E-state index < -0.39 is 17.6 Å². The van der Waals surface area contributed by atoms with Crippen molar-refractivity contribution in [2.24, 2.45) is 0 Å². The van der Waals surface area contributed by atoms with Crippen molar-refractivity contribution in [1.82, 2.24) is 9.55 Å². The zero-order chi connectivity index (χ0) is 14.5. The molecular formula is C13H12F2N2O2S. The van der Waals surface area contributed by atoms with Gasteiger partial charge >= 0.3 is 5.97 Å². The zero-order valence-electron chi connectivity index (χ0n) is 10.4. The molecule has 1 aromatic carbocycles. The summed E-state index contributed by atoms with van der Waals surface area (Å²) in [5, 5.41) is 9.20. The Labute approximate surface area is 118 Å². The quantitative estimate of drug-likeness (QED) is 0.833. The van der Waals surface area contributed by atoms with E-state index in [0.29, 0.717) is 23.7 Å². The van der Waals surface area contributed by atoms with Gasteiger partial charge in [0.2, 0.25) is 0 Å². The highest BCUT2D eigenvalue weighted by Gasteiger charge is 2.07. The van der Waals surface area contributed by atoms with E-state index in [2.05, 4.69) is 4.98 Å². The van der Waals surface area contributed by atoms with Gasteiger partial charge in [0.05, 0.1) is 5.75 Å². The molecule has 7 heteroatoms. The van der Waals surface area contributed by atoms with Crippen LogP contribution in [0.15, 0.2) is 35.7 Å². The molecule has 20 heavy (non-hydrogen) atoms. The second-order valence-corrected chi connectivity index (χ2v) is 5.06. The number of imidazole rings is 1. The molecule has 0 fully saturated rings. The molecule has 0 aliphatic rings. The maximum atomic E-state index is 13.1. The second kappa shape index (κ2) is 6.51. The van der Waals surface area contributed by atoms with E-state index in [-0.39, 0.29) is 5.75 Å². The molecule has 0 aliphatic heterocycles. The summed E-state index contributed by atoms with van der Waals surface area (Å²) in [5.41, 5.74) is 0.547. The topological polar surface area (TPSA) is 55.1 Å². The Morgan fingerprint density at radius 3 is 2.65 bits per heavy atom. The Morgan fingerprint density at radius 1 is 1.30 bits per heavy atom. The predicted molar refractivity (Wildman–Crippen MR) is 70.6 cm³/mol. The number of aryl methyl sites for hydroxylation is 2. The molecule has 0 saturated heterocycles. The first-order valence-electron chi connectivity index (χ1n) is 5.85. The van der Waals surface area contributed by atoms with Gasteiger partial charge in [-0.15, -0.1) is 0 Å². The van der Waals surface area contributed by atoms with Crippen molar-refractivity contribution in [2.45, 2.75) is 18.1 Å². The molecule has 2 rings (SSSR count). The van der Waals surface area contributed by atoms with Gasteiger partial charge in [-0.25, -0.2) is 13.8 Å². The lowest BCUT2D eigenvalue weighted by Gasteiger charge is -2.07. The van der Waals surface area contributed by atoms with E-state index in [0.717, 1.165) is 17.8 Å². The van der Waals surface area contributed by atoms with E-state index in [1.165, 1.54) is 12.1 Å². The Bertz CT molecular complexity index is 596. The SMILES string of the molecule is O=C(O)CSc1nccn1CCc1cc(F)cc(F)c1. The first-order chi connectivity index (χ1) is 9.54. The van der Waals surface area contributed by atoms with Crippen molar-refractivity contribution < 1.29 is 18.7 Å². The van der Waals surface area contributed by atoms with Crippen molar-refractivity contribution >= 4 is 17.7 Å². The standard InChI is InChI=1S/C13H12F2N2O2S/c14-10-5-9(6-11(15)7-10)1-3-17-4-2-16-13(17)20-8-12(18)19/h2,4-7H,1,3,8H2,(H,18,19). The summed E-state index contributed by atoms with van der Waals surface area (Å²) in [6.45, 7) is 0.477. The van der Waals surface area contributed by atoms with Gasteiger partial charge in [0, 0.05) is 25.0 Å². The maximum Gasteiger partial charge on any atom is 0.313 e. The van der Waals surface area contributed by atoms with Crippen LogP contribution in [0, 0.1) is 11.6 Å². The number of halogens is 2. The normalized spacial score (nSPS) is 10.7. The van der Waals surface area contributed by atoms with E-state index in [1.807, 2.05) is 0 Å². The molecule has 0 saturated carbocycles. The van der Waals surface area contributed by atoms with Gasteiger partial charge in [0.1, 0.15) is 11.6 Å². The summed E-state index contributed by atoms with van der Waals surface area (Å²) < 4.78 is 27.9. The lowest BCUT2D eigenvalue weighted by molar-refractivity contribution is -0.133. The van der Waals surface area contributed by atoms with E-state index in [4.69, 9.17) is 5.11 Å². The Kier molecular flexibility index (Phi) is 4.73. The second-order valence-electron chi connectivity index (χ2n) is 4.11. The predicted octanol–water partition coefficient (Wildman–Crippen LogP) is 2.58. The van der Waals surface area contributed by atoms with Gasteiger partial charge in [-0.3, -0.25) is 4.79 Å². The zero-order valence-corrected chi connectivity index (χ0v) is 11.2. The summed E-state index contributed by atoms with van der Waals surface area (Å²) in [6, 6.07) is 3.39. The van der Waals surface area contributed by atoms with E-state index in [1.54, 1.807) is 17.0 Å². The lowest BCUT2D eigenvalue weighted by Crippen LogP contribution is -2.05. The molecule has 4 nitrogen and oxygen atoms in total. The number of nitrogens with zero attached hydrogens (tertiary/aromatic N) is 2. The highest BCUT2D eigenvalue weighted by atomic mass is 32.2. The molecule has 0 unspecified atom stereocenters. The van der Waals surface area contributed by atoms with E-state index >= 15 is 0 Å². The fourth-order valence-electron chi connectivity index (χ4n) is 1.74. The number of carboxylic acid groups (broad SMARTS) is 1. The molecule has 1 heterocycles. The Balaban J connectivity index is 2.00. The molecule has 1 N–H and O–H groups in total. The fraction of sp³-hybridized carbons (Fsp3) is 0.231. The molecule has 1 aromatic heterocycles. The largest absolute Gasteiger partial charge is 0.481 e. The number of rotatable bonds is 6. The smallest absolute Gasteiger partial charge is 0.313 e. The van der Waals surface area contributed by atoms with Gasteiger partial charge in [-0.1, -0.05) is 11.8 Å². The van der Waals surface area contributed by atoms with Crippen molar-refractivity contribution in [3.8, 4) is 0 Å². The number of hydrogen-bond acceptors (Lipinski definition) is 3. The van der Waals surface area contributed by atoms with Crippen LogP contribution in [0.1, 0.15) is 5.56 Å². The molecule has 106 valence electrons. The summed E-state index contributed by atoms with van der Waals surface area (Å²) in [7, 11) is 0. The van der Waals surface area contributed by atoms with Crippen LogP contribution in [0.5, 0.6) is 0 Å². The number of carbonyl (C=O) groups is 1. The van der Waals surface area contributed by atoms with Crippen LogP contribution in [-0.4, -0.2) is 26.4 Å². The van der Waals surface area contributed by atoms with Crippen LogP contribution in [0.2, 0.25) is 0 Å². The fourth-order valence-corrected chi connectivity index (χ4v) is 2.44. The third-order valence-corrected chi connectivity index (χ3v) is 3.56. The van der Waals surface area contributed by atoms with Crippen LogP contribution in [0.25, 0.3) is 0 Å². The van der Waals surface area contributed by atoms with Gasteiger partial charge in [-0.2, -0.15) is 0 Å². The van der Waals surface area contributed by atoms with Crippen LogP contribution in [-0.2, 0) is 17.8 Å². The third-order valence-electron chi connectivity index (χ3n) is 2.57. The minimum absolute atomic E-state index is 0.0778. The van der Waals surface area contributed by atoms with Crippen LogP contribution < -0.4 is 0 Å².